The van der Waals surface area contributed by atoms with E-state index >= 15 is 0 Å². The Kier molecular flexibility index (Phi) is 8.78. The van der Waals surface area contributed by atoms with Crippen LogP contribution in [0.3, 0.4) is 0 Å². The highest BCUT2D eigenvalue weighted by atomic mass is 79.9. The molecule has 0 unspecified atom stereocenters. The van der Waals surface area contributed by atoms with Crippen molar-refractivity contribution in [2.24, 2.45) is 11.3 Å². The summed E-state index contributed by atoms with van der Waals surface area (Å²) in [6.07, 6.45) is 4.86. The maximum atomic E-state index is 12.2. The molecule has 0 saturated carbocycles. The van der Waals surface area contributed by atoms with Gasteiger partial charge in [-0.25, -0.2) is 8.42 Å². The van der Waals surface area contributed by atoms with Crippen LogP contribution < -0.4 is 0 Å². The molecule has 0 aromatic carbocycles. The van der Waals surface area contributed by atoms with Crippen molar-refractivity contribution < 1.29 is 8.42 Å². The summed E-state index contributed by atoms with van der Waals surface area (Å²) in [6, 6.07) is 0. The summed E-state index contributed by atoms with van der Waals surface area (Å²) in [5, 5.41) is 0.794. The first-order valence-corrected chi connectivity index (χ1v) is 10.0. The molecule has 0 heterocycles. The van der Waals surface area contributed by atoms with Crippen LogP contribution in [0.25, 0.3) is 0 Å². The fourth-order valence-corrected chi connectivity index (χ4v) is 5.78. The lowest BCUT2D eigenvalue weighted by atomic mass is 9.83. The van der Waals surface area contributed by atoms with E-state index in [4.69, 9.17) is 0 Å². The zero-order valence-electron chi connectivity index (χ0n) is 12.3. The molecule has 0 spiro atoms. The molecule has 0 saturated heterocycles. The van der Waals surface area contributed by atoms with Gasteiger partial charge >= 0.3 is 0 Å². The molecule has 0 aromatic rings. The van der Waals surface area contributed by atoms with Crippen LogP contribution in [0.15, 0.2) is 0 Å². The number of alkyl halides is 1. The Morgan fingerprint density at radius 2 is 1.61 bits per heavy atom. The van der Waals surface area contributed by atoms with E-state index in [2.05, 4.69) is 43.6 Å². The fourth-order valence-electron chi connectivity index (χ4n) is 2.46. The van der Waals surface area contributed by atoms with Crippen molar-refractivity contribution >= 4 is 25.8 Å². The smallest absolute Gasteiger partial charge is 0.150 e. The highest BCUT2D eigenvalue weighted by Crippen LogP contribution is 2.34. The van der Waals surface area contributed by atoms with Crippen molar-refractivity contribution in [1.82, 2.24) is 0 Å². The van der Waals surface area contributed by atoms with Crippen molar-refractivity contribution in [2.45, 2.75) is 59.8 Å². The molecular weight excluding hydrogens is 312 g/mol. The number of sulfone groups is 1. The highest BCUT2D eigenvalue weighted by Gasteiger charge is 2.32. The van der Waals surface area contributed by atoms with Gasteiger partial charge in [-0.05, 0) is 30.6 Å². The summed E-state index contributed by atoms with van der Waals surface area (Å²) in [7, 11) is -2.92. The lowest BCUT2D eigenvalue weighted by molar-refractivity contribution is 0.313. The van der Waals surface area contributed by atoms with Crippen LogP contribution in [0.1, 0.15) is 59.8 Å². The van der Waals surface area contributed by atoms with Gasteiger partial charge in [0, 0.05) is 5.33 Å². The van der Waals surface area contributed by atoms with Gasteiger partial charge in [0.15, 0.2) is 9.84 Å². The summed E-state index contributed by atoms with van der Waals surface area (Å²) in [5.74, 6) is 1.14. The maximum Gasteiger partial charge on any atom is 0.150 e. The maximum absolute atomic E-state index is 12.2. The third-order valence-electron chi connectivity index (χ3n) is 3.38. The summed E-state index contributed by atoms with van der Waals surface area (Å²) in [4.78, 5) is 0. The Balaban J connectivity index is 4.73. The molecule has 0 amide bonds. The summed E-state index contributed by atoms with van der Waals surface area (Å²) in [5.41, 5.74) is -0.0562. The standard InChI is InChI=1S/C14H29BrO2S/c1-5-8-14(11-15,9-6-2)12-18(16,17)10-7-13(3)4/h13H,5-12H2,1-4H3. The minimum absolute atomic E-state index is 0.0562. The van der Waals surface area contributed by atoms with Crippen LogP contribution in [0.5, 0.6) is 0 Å². The van der Waals surface area contributed by atoms with Gasteiger partial charge in [-0.3, -0.25) is 0 Å². The molecule has 0 radical (unpaired) electrons. The summed E-state index contributed by atoms with van der Waals surface area (Å²) in [6.45, 7) is 8.41. The molecule has 110 valence electrons. The molecule has 0 aliphatic heterocycles. The average Bonchev–Trinajstić information content (AvgIpc) is 2.27. The van der Waals surface area contributed by atoms with E-state index in [1.165, 1.54) is 0 Å². The fraction of sp³-hybridized carbons (Fsp3) is 1.00. The molecule has 2 nitrogen and oxygen atoms in total. The molecule has 0 atom stereocenters. The average molecular weight is 341 g/mol. The first-order valence-electron chi connectivity index (χ1n) is 7.07. The largest absolute Gasteiger partial charge is 0.229 e. The second-order valence-corrected chi connectivity index (χ2v) is 8.65. The van der Waals surface area contributed by atoms with Crippen molar-refractivity contribution in [1.29, 1.82) is 0 Å². The van der Waals surface area contributed by atoms with Crippen molar-refractivity contribution in [3.63, 3.8) is 0 Å². The lowest BCUT2D eigenvalue weighted by Gasteiger charge is -2.31. The monoisotopic (exact) mass is 340 g/mol. The zero-order chi connectivity index (χ0) is 14.2. The van der Waals surface area contributed by atoms with E-state index in [-0.39, 0.29) is 5.41 Å². The van der Waals surface area contributed by atoms with Crippen molar-refractivity contribution in [3.05, 3.63) is 0 Å². The summed E-state index contributed by atoms with van der Waals surface area (Å²) >= 11 is 3.54. The van der Waals surface area contributed by atoms with Gasteiger partial charge in [0.2, 0.25) is 0 Å². The van der Waals surface area contributed by atoms with E-state index in [9.17, 15) is 8.42 Å². The lowest BCUT2D eigenvalue weighted by Crippen LogP contribution is -2.33. The Bertz CT molecular complexity index is 304. The molecule has 0 aliphatic carbocycles. The predicted octanol–water partition coefficient (Wildman–Crippen LogP) is 4.43. The van der Waals surface area contributed by atoms with Gasteiger partial charge in [0.25, 0.3) is 0 Å². The number of hydrogen-bond donors (Lipinski definition) is 0. The van der Waals surface area contributed by atoms with Crippen LogP contribution in [-0.2, 0) is 9.84 Å². The number of rotatable bonds is 10. The zero-order valence-corrected chi connectivity index (χ0v) is 14.7. The van der Waals surface area contributed by atoms with Crippen LogP contribution in [0.2, 0.25) is 0 Å². The Morgan fingerprint density at radius 3 is 1.94 bits per heavy atom. The molecule has 0 aromatic heterocycles. The van der Waals surface area contributed by atoms with Crippen molar-refractivity contribution in [2.75, 3.05) is 16.8 Å². The quantitative estimate of drug-likeness (QED) is 0.551. The number of halogens is 1. The van der Waals surface area contributed by atoms with E-state index in [1.807, 2.05) is 0 Å². The minimum Gasteiger partial charge on any atom is -0.229 e. The van der Waals surface area contributed by atoms with Crippen LogP contribution in [0, 0.1) is 11.3 Å². The Morgan fingerprint density at radius 1 is 1.11 bits per heavy atom. The first kappa shape index (κ1) is 18.4. The van der Waals surface area contributed by atoms with Crippen LogP contribution >= 0.6 is 15.9 Å². The Labute approximate surface area is 122 Å². The van der Waals surface area contributed by atoms with E-state index in [0.717, 1.165) is 37.4 Å². The molecule has 0 bridgehead atoms. The molecule has 0 rings (SSSR count). The first-order chi connectivity index (χ1) is 8.31. The van der Waals surface area contributed by atoms with Gasteiger partial charge in [-0.2, -0.15) is 0 Å². The molecule has 18 heavy (non-hydrogen) atoms. The number of hydrogen-bond acceptors (Lipinski definition) is 2. The predicted molar refractivity (Wildman–Crippen MR) is 84.2 cm³/mol. The topological polar surface area (TPSA) is 34.1 Å². The van der Waals surface area contributed by atoms with Gasteiger partial charge < -0.3 is 0 Å². The van der Waals surface area contributed by atoms with Crippen LogP contribution in [0.4, 0.5) is 0 Å². The molecule has 0 N–H and O–H groups in total. The molecule has 4 heteroatoms. The van der Waals surface area contributed by atoms with Gasteiger partial charge in [0.1, 0.15) is 0 Å². The minimum atomic E-state index is -2.92. The highest BCUT2D eigenvalue weighted by molar-refractivity contribution is 9.09. The van der Waals surface area contributed by atoms with Crippen LogP contribution in [-0.4, -0.2) is 25.3 Å². The van der Waals surface area contributed by atoms with Gasteiger partial charge in [-0.1, -0.05) is 56.5 Å². The van der Waals surface area contributed by atoms with E-state index in [0.29, 0.717) is 17.4 Å². The molecule has 0 fully saturated rings. The molecular formula is C14H29BrO2S. The van der Waals surface area contributed by atoms with E-state index in [1.54, 1.807) is 0 Å². The second-order valence-electron chi connectivity index (χ2n) is 5.91. The third-order valence-corrected chi connectivity index (χ3v) is 6.48. The van der Waals surface area contributed by atoms with Gasteiger partial charge in [-0.15, -0.1) is 0 Å². The Hall–Kier alpha value is 0.430. The van der Waals surface area contributed by atoms with E-state index < -0.39 is 9.84 Å². The van der Waals surface area contributed by atoms with Gasteiger partial charge in [0.05, 0.1) is 11.5 Å². The van der Waals surface area contributed by atoms with Crippen molar-refractivity contribution in [3.8, 4) is 0 Å². The molecule has 0 aliphatic rings. The SMILES string of the molecule is CCCC(CBr)(CCC)CS(=O)(=O)CCC(C)C. The third kappa shape index (κ3) is 7.13. The summed E-state index contributed by atoms with van der Waals surface area (Å²) < 4.78 is 24.5. The second kappa shape index (κ2) is 8.57. The normalized spacial score (nSPS) is 13.2.